The van der Waals surface area contributed by atoms with Gasteiger partial charge in [0.15, 0.2) is 0 Å². The highest BCUT2D eigenvalue weighted by molar-refractivity contribution is 5.80. The van der Waals surface area contributed by atoms with Crippen molar-refractivity contribution >= 4 is 5.91 Å². The van der Waals surface area contributed by atoms with Gasteiger partial charge in [-0.25, -0.2) is 0 Å². The second-order valence-electron chi connectivity index (χ2n) is 4.40. The fourth-order valence-corrected chi connectivity index (χ4v) is 2.80. The summed E-state index contributed by atoms with van der Waals surface area (Å²) >= 11 is 0. The highest BCUT2D eigenvalue weighted by atomic mass is 16.2. The van der Waals surface area contributed by atoms with Gasteiger partial charge in [0.2, 0.25) is 5.91 Å². The Hall–Kier alpha value is -0.570. The zero-order valence-corrected chi connectivity index (χ0v) is 8.96. The monoisotopic (exact) mass is 196 g/mol. The van der Waals surface area contributed by atoms with Crippen molar-refractivity contribution < 1.29 is 4.79 Å². The molecular weight excluding hydrogens is 176 g/mol. The van der Waals surface area contributed by atoms with Crippen LogP contribution in [0.4, 0.5) is 0 Å². The Balaban J connectivity index is 1.98. The van der Waals surface area contributed by atoms with Crippen molar-refractivity contribution in [2.45, 2.75) is 45.2 Å². The van der Waals surface area contributed by atoms with E-state index in [1.807, 2.05) is 4.90 Å². The first-order chi connectivity index (χ1) is 6.83. The maximum absolute atomic E-state index is 11.5. The van der Waals surface area contributed by atoms with Crippen LogP contribution in [0, 0.1) is 5.92 Å². The van der Waals surface area contributed by atoms with E-state index in [0.717, 1.165) is 6.54 Å². The van der Waals surface area contributed by atoms with Gasteiger partial charge in [-0.05, 0) is 25.7 Å². The molecule has 1 heterocycles. The molecule has 2 rings (SSSR count). The molecule has 0 aromatic heterocycles. The van der Waals surface area contributed by atoms with Crippen LogP contribution in [0.1, 0.15) is 39.0 Å². The van der Waals surface area contributed by atoms with Gasteiger partial charge in [0.1, 0.15) is 0 Å². The second-order valence-corrected chi connectivity index (χ2v) is 4.40. The summed E-state index contributed by atoms with van der Waals surface area (Å²) in [4.78, 5) is 13.5. The third-order valence-corrected chi connectivity index (χ3v) is 3.56. The molecule has 1 amide bonds. The van der Waals surface area contributed by atoms with Gasteiger partial charge in [0.05, 0.1) is 12.7 Å². The molecule has 3 heteroatoms. The fourth-order valence-electron chi connectivity index (χ4n) is 2.80. The molecule has 1 saturated carbocycles. The minimum atomic E-state index is 0.281. The summed E-state index contributed by atoms with van der Waals surface area (Å²) in [6.45, 7) is 3.47. The Morgan fingerprint density at radius 1 is 1.36 bits per heavy atom. The van der Waals surface area contributed by atoms with Crippen molar-refractivity contribution in [3.63, 3.8) is 0 Å². The molecule has 1 atom stereocenters. The van der Waals surface area contributed by atoms with E-state index in [2.05, 4.69) is 12.2 Å². The average Bonchev–Trinajstić information content (AvgIpc) is 2.61. The molecule has 0 bridgehead atoms. The van der Waals surface area contributed by atoms with E-state index in [4.69, 9.17) is 0 Å². The molecule has 1 aliphatic heterocycles. The fraction of sp³-hybridized carbons (Fsp3) is 0.909. The smallest absolute Gasteiger partial charge is 0.237 e. The number of carbonyl (C=O) groups is 1. The molecule has 14 heavy (non-hydrogen) atoms. The molecule has 0 aromatic rings. The number of nitrogens with one attached hydrogen (secondary N) is 1. The molecule has 1 unspecified atom stereocenters. The topological polar surface area (TPSA) is 32.3 Å². The number of likely N-dealkylation sites (N-methyl/N-ethyl adjacent to an activating group) is 1. The van der Waals surface area contributed by atoms with E-state index in [1.165, 1.54) is 32.1 Å². The quantitative estimate of drug-likeness (QED) is 0.723. The van der Waals surface area contributed by atoms with Gasteiger partial charge in [-0.15, -0.1) is 0 Å². The lowest BCUT2D eigenvalue weighted by Gasteiger charge is -2.33. The zero-order valence-electron chi connectivity index (χ0n) is 8.96. The molecule has 0 radical (unpaired) electrons. The Morgan fingerprint density at radius 2 is 2.07 bits per heavy atom. The van der Waals surface area contributed by atoms with Crippen LogP contribution >= 0.6 is 0 Å². The minimum absolute atomic E-state index is 0.281. The van der Waals surface area contributed by atoms with Gasteiger partial charge in [0, 0.05) is 6.54 Å². The summed E-state index contributed by atoms with van der Waals surface area (Å²) in [6.07, 6.45) is 6.99. The van der Waals surface area contributed by atoms with Gasteiger partial charge in [-0.3, -0.25) is 10.1 Å². The van der Waals surface area contributed by atoms with Gasteiger partial charge in [-0.1, -0.05) is 19.3 Å². The van der Waals surface area contributed by atoms with Crippen molar-refractivity contribution in [1.29, 1.82) is 0 Å². The number of rotatable bonds is 2. The van der Waals surface area contributed by atoms with Crippen molar-refractivity contribution in [2.24, 2.45) is 5.92 Å². The van der Waals surface area contributed by atoms with Crippen LogP contribution in [0.25, 0.3) is 0 Å². The van der Waals surface area contributed by atoms with Crippen LogP contribution in [0.5, 0.6) is 0 Å². The standard InChI is InChI=1S/C11H20N2O/c1-2-13-10(14)8-12-11(13)9-6-4-3-5-7-9/h9,11-12H,2-8H2,1H3. The maximum atomic E-state index is 11.5. The van der Waals surface area contributed by atoms with E-state index >= 15 is 0 Å². The SMILES string of the molecule is CCN1C(=O)CNC1C1CCCCC1. The van der Waals surface area contributed by atoms with Gasteiger partial charge in [-0.2, -0.15) is 0 Å². The van der Waals surface area contributed by atoms with E-state index < -0.39 is 0 Å². The van der Waals surface area contributed by atoms with Gasteiger partial charge in [0.25, 0.3) is 0 Å². The molecule has 2 fully saturated rings. The van der Waals surface area contributed by atoms with Crippen LogP contribution < -0.4 is 5.32 Å². The van der Waals surface area contributed by atoms with Crippen molar-refractivity contribution in [3.05, 3.63) is 0 Å². The lowest BCUT2D eigenvalue weighted by molar-refractivity contribution is -0.128. The summed E-state index contributed by atoms with van der Waals surface area (Å²) in [6, 6.07) is 0. The maximum Gasteiger partial charge on any atom is 0.237 e. The van der Waals surface area contributed by atoms with E-state index in [1.54, 1.807) is 0 Å². The Bertz CT molecular complexity index is 211. The van der Waals surface area contributed by atoms with Gasteiger partial charge < -0.3 is 4.90 Å². The molecule has 1 saturated heterocycles. The summed E-state index contributed by atoms with van der Waals surface area (Å²) in [5.74, 6) is 0.984. The van der Waals surface area contributed by atoms with Crippen molar-refractivity contribution in [1.82, 2.24) is 10.2 Å². The molecule has 2 aliphatic rings. The van der Waals surface area contributed by atoms with E-state index in [0.29, 0.717) is 18.6 Å². The number of carbonyl (C=O) groups excluding carboxylic acids is 1. The molecule has 3 nitrogen and oxygen atoms in total. The number of amides is 1. The average molecular weight is 196 g/mol. The van der Waals surface area contributed by atoms with E-state index in [9.17, 15) is 4.79 Å². The number of nitrogens with zero attached hydrogens (tertiary/aromatic N) is 1. The summed E-state index contributed by atoms with van der Waals surface area (Å²) in [7, 11) is 0. The Morgan fingerprint density at radius 3 is 2.71 bits per heavy atom. The lowest BCUT2D eigenvalue weighted by Crippen LogP contribution is -2.43. The Labute approximate surface area is 85.8 Å². The second kappa shape index (κ2) is 4.30. The summed E-state index contributed by atoms with van der Waals surface area (Å²) in [5, 5.41) is 3.35. The van der Waals surface area contributed by atoms with Crippen LogP contribution in [0.2, 0.25) is 0 Å². The number of hydrogen-bond acceptors (Lipinski definition) is 2. The molecule has 1 N–H and O–H groups in total. The highest BCUT2D eigenvalue weighted by Gasteiger charge is 2.35. The summed E-state index contributed by atoms with van der Waals surface area (Å²) < 4.78 is 0. The van der Waals surface area contributed by atoms with Crippen LogP contribution in [-0.2, 0) is 4.79 Å². The van der Waals surface area contributed by atoms with Gasteiger partial charge >= 0.3 is 0 Å². The molecule has 80 valence electrons. The third kappa shape index (κ3) is 1.78. The van der Waals surface area contributed by atoms with E-state index in [-0.39, 0.29) is 5.91 Å². The zero-order chi connectivity index (χ0) is 9.97. The normalized spacial score (nSPS) is 29.9. The van der Waals surface area contributed by atoms with Crippen LogP contribution in [0.15, 0.2) is 0 Å². The first-order valence-electron chi connectivity index (χ1n) is 5.85. The first-order valence-corrected chi connectivity index (χ1v) is 5.85. The largest absolute Gasteiger partial charge is 0.326 e. The highest BCUT2D eigenvalue weighted by Crippen LogP contribution is 2.29. The minimum Gasteiger partial charge on any atom is -0.326 e. The van der Waals surface area contributed by atoms with Crippen molar-refractivity contribution in [3.8, 4) is 0 Å². The lowest BCUT2D eigenvalue weighted by atomic mass is 9.87. The van der Waals surface area contributed by atoms with Crippen LogP contribution in [-0.4, -0.2) is 30.1 Å². The molecule has 0 spiro atoms. The third-order valence-electron chi connectivity index (χ3n) is 3.56. The van der Waals surface area contributed by atoms with Crippen molar-refractivity contribution in [2.75, 3.05) is 13.1 Å². The number of hydrogen-bond donors (Lipinski definition) is 1. The molecule has 0 aromatic carbocycles. The molecule has 1 aliphatic carbocycles. The molecular formula is C11H20N2O. The summed E-state index contributed by atoms with van der Waals surface area (Å²) in [5.41, 5.74) is 0. The van der Waals surface area contributed by atoms with Crippen LogP contribution in [0.3, 0.4) is 0 Å². The first kappa shape index (κ1) is 9.97. The predicted molar refractivity (Wildman–Crippen MR) is 55.8 cm³/mol. The Kier molecular flexibility index (Phi) is 3.06. The predicted octanol–water partition coefficient (Wildman–Crippen LogP) is 1.34.